The molecule has 3 atom stereocenters. The Bertz CT molecular complexity index is 942. The Labute approximate surface area is 170 Å². The van der Waals surface area contributed by atoms with E-state index in [1.54, 1.807) is 12.1 Å². The summed E-state index contributed by atoms with van der Waals surface area (Å²) in [6.07, 6.45) is 0.913. The molecule has 1 aliphatic rings. The number of thiocarbonyl (C=S) groups is 1. The van der Waals surface area contributed by atoms with Gasteiger partial charge < -0.3 is 10.5 Å². The lowest BCUT2D eigenvalue weighted by Gasteiger charge is -2.16. The van der Waals surface area contributed by atoms with Crippen LogP contribution in [0.15, 0.2) is 53.4 Å². The van der Waals surface area contributed by atoms with Crippen molar-refractivity contribution in [3.63, 3.8) is 0 Å². The van der Waals surface area contributed by atoms with Gasteiger partial charge in [0.2, 0.25) is 0 Å². The normalized spacial score (nSPS) is 24.6. The Morgan fingerprint density at radius 3 is 2.26 bits per heavy atom. The molecule has 2 aromatic rings. The second-order valence-corrected chi connectivity index (χ2v) is 9.78. The molecule has 27 heavy (non-hydrogen) atoms. The first-order valence-corrected chi connectivity index (χ1v) is 11.0. The van der Waals surface area contributed by atoms with E-state index in [1.165, 1.54) is 24.8 Å². The van der Waals surface area contributed by atoms with E-state index in [-0.39, 0.29) is 22.4 Å². The topological polar surface area (TPSA) is 69.4 Å². The highest BCUT2D eigenvalue weighted by Crippen LogP contribution is 2.64. The second-order valence-electron chi connectivity index (χ2n) is 6.83. The smallest absolute Gasteiger partial charge is 0.182 e. The third-order valence-electron chi connectivity index (χ3n) is 5.32. The van der Waals surface area contributed by atoms with Crippen LogP contribution in [0.4, 0.5) is 0 Å². The van der Waals surface area contributed by atoms with Crippen LogP contribution in [0.3, 0.4) is 0 Å². The summed E-state index contributed by atoms with van der Waals surface area (Å²) in [7, 11) is -2.15. The third kappa shape index (κ3) is 3.40. The van der Waals surface area contributed by atoms with Gasteiger partial charge >= 0.3 is 0 Å². The van der Waals surface area contributed by atoms with E-state index in [2.05, 4.69) is 6.92 Å². The van der Waals surface area contributed by atoms with Crippen molar-refractivity contribution in [2.75, 3.05) is 13.7 Å². The van der Waals surface area contributed by atoms with Gasteiger partial charge in [0.05, 0.1) is 27.2 Å². The van der Waals surface area contributed by atoms with Crippen molar-refractivity contribution in [1.82, 2.24) is 0 Å². The highest BCUT2D eigenvalue weighted by molar-refractivity contribution is 7.92. The van der Waals surface area contributed by atoms with Crippen LogP contribution in [0, 0.1) is 5.41 Å². The summed E-state index contributed by atoms with van der Waals surface area (Å²) in [5, 5.41) is -0.287. The summed E-state index contributed by atoms with van der Waals surface area (Å²) < 4.78 is 32.1. The van der Waals surface area contributed by atoms with Crippen LogP contribution in [0.25, 0.3) is 0 Å². The van der Waals surface area contributed by atoms with E-state index < -0.39 is 20.5 Å². The zero-order valence-corrected chi connectivity index (χ0v) is 17.6. The van der Waals surface area contributed by atoms with Gasteiger partial charge in [-0.05, 0) is 41.8 Å². The van der Waals surface area contributed by atoms with Gasteiger partial charge in [0.15, 0.2) is 9.84 Å². The van der Waals surface area contributed by atoms with Crippen molar-refractivity contribution in [2.45, 2.75) is 29.4 Å². The average Bonchev–Trinajstić information content (AvgIpc) is 3.33. The molecule has 1 aliphatic carbocycles. The Hall–Kier alpha value is -1.47. The fourth-order valence-corrected chi connectivity index (χ4v) is 6.74. The van der Waals surface area contributed by atoms with E-state index in [9.17, 15) is 8.42 Å². The Morgan fingerprint density at radius 1 is 1.19 bits per heavy atom. The van der Waals surface area contributed by atoms with Crippen molar-refractivity contribution in [2.24, 2.45) is 11.1 Å². The number of rotatable bonds is 7. The lowest BCUT2D eigenvalue weighted by molar-refractivity contribution is 0.166. The van der Waals surface area contributed by atoms with Crippen molar-refractivity contribution < 1.29 is 13.2 Å². The van der Waals surface area contributed by atoms with Crippen LogP contribution in [0.1, 0.15) is 24.0 Å². The Morgan fingerprint density at radius 2 is 1.78 bits per heavy atom. The van der Waals surface area contributed by atoms with Crippen molar-refractivity contribution in [3.05, 3.63) is 64.7 Å². The van der Waals surface area contributed by atoms with Gasteiger partial charge in [-0.1, -0.05) is 55.0 Å². The number of nitrogens with two attached hydrogens (primary N) is 1. The molecule has 0 radical (unpaired) electrons. The maximum atomic E-state index is 13.4. The molecule has 1 saturated carbocycles. The molecule has 2 N–H and O–H groups in total. The minimum Gasteiger partial charge on any atom is -0.393 e. The third-order valence-corrected chi connectivity index (χ3v) is 8.24. The Balaban J connectivity index is 2.09. The lowest BCUT2D eigenvalue weighted by Crippen LogP contribution is -2.33. The number of ether oxygens (including phenoxy) is 1. The molecule has 3 rings (SSSR count). The van der Waals surface area contributed by atoms with E-state index in [1.807, 2.05) is 24.3 Å². The molecule has 7 heteroatoms. The second kappa shape index (κ2) is 7.51. The van der Waals surface area contributed by atoms with E-state index in [0.717, 1.165) is 12.0 Å². The highest BCUT2D eigenvalue weighted by atomic mass is 35.5. The number of hydrogen-bond acceptors (Lipinski definition) is 4. The fourth-order valence-electron chi connectivity index (χ4n) is 3.84. The number of benzene rings is 2. The summed E-state index contributed by atoms with van der Waals surface area (Å²) in [6, 6.07) is 14.1. The van der Waals surface area contributed by atoms with Crippen molar-refractivity contribution in [1.29, 1.82) is 0 Å². The SMILES string of the molecule is CCc1ccc(C2C(S(=O)(=O)c3ccc(Cl)cc3)C2(COC)C(N)=S)cc1. The maximum Gasteiger partial charge on any atom is 0.182 e. The van der Waals surface area contributed by atoms with Crippen molar-refractivity contribution in [3.8, 4) is 0 Å². The van der Waals surface area contributed by atoms with E-state index in [0.29, 0.717) is 5.02 Å². The van der Waals surface area contributed by atoms with Crippen molar-refractivity contribution >= 4 is 38.6 Å². The molecule has 2 aromatic carbocycles. The quantitative estimate of drug-likeness (QED) is 0.686. The number of halogens is 1. The molecular weight excluding hydrogens is 402 g/mol. The first-order chi connectivity index (χ1) is 12.8. The summed E-state index contributed by atoms with van der Waals surface area (Å²) in [4.78, 5) is 0.373. The molecule has 0 aliphatic heterocycles. The molecular formula is C20H22ClNO3S2. The molecule has 0 saturated heterocycles. The number of methoxy groups -OCH3 is 1. The van der Waals surface area contributed by atoms with Crippen LogP contribution in [-0.4, -0.2) is 32.4 Å². The minimum absolute atomic E-state index is 0.153. The number of hydrogen-bond donors (Lipinski definition) is 1. The molecule has 0 heterocycles. The molecule has 0 bridgehead atoms. The molecule has 0 amide bonds. The van der Waals surface area contributed by atoms with Crippen LogP contribution in [0.2, 0.25) is 5.02 Å². The lowest BCUT2D eigenvalue weighted by atomic mass is 9.98. The summed E-state index contributed by atoms with van der Waals surface area (Å²) in [6.45, 7) is 2.23. The van der Waals surface area contributed by atoms with E-state index in [4.69, 9.17) is 34.3 Å². The summed E-state index contributed by atoms with van der Waals surface area (Å²) in [5.74, 6) is -0.346. The van der Waals surface area contributed by atoms with Gasteiger partial charge in [-0.2, -0.15) is 0 Å². The number of aryl methyl sites for hydroxylation is 1. The zero-order valence-electron chi connectivity index (χ0n) is 15.2. The van der Waals surface area contributed by atoms with Crippen LogP contribution < -0.4 is 5.73 Å². The Kier molecular flexibility index (Phi) is 5.64. The molecule has 1 fully saturated rings. The first kappa shape index (κ1) is 20.3. The van der Waals surface area contributed by atoms with Gasteiger partial charge in [-0.3, -0.25) is 0 Å². The number of sulfone groups is 1. The van der Waals surface area contributed by atoms with Gasteiger partial charge in [-0.25, -0.2) is 8.42 Å². The largest absolute Gasteiger partial charge is 0.393 e. The molecule has 0 spiro atoms. The summed E-state index contributed by atoms with van der Waals surface area (Å²) in [5.41, 5.74) is 7.22. The predicted molar refractivity (Wildman–Crippen MR) is 112 cm³/mol. The maximum absolute atomic E-state index is 13.4. The minimum atomic E-state index is -3.68. The van der Waals surface area contributed by atoms with Gasteiger partial charge in [0.25, 0.3) is 0 Å². The molecule has 0 aromatic heterocycles. The molecule has 144 valence electrons. The van der Waals surface area contributed by atoms with Crippen LogP contribution >= 0.6 is 23.8 Å². The predicted octanol–water partition coefficient (Wildman–Crippen LogP) is 3.76. The standard InChI is InChI=1S/C20H22ClNO3S2/c1-3-13-4-6-14(7-5-13)17-18(20(17,12-25-2)19(22)26)27(23,24)16-10-8-15(21)9-11-16/h4-11,17-18H,3,12H2,1-2H3,(H2,22,26). The summed E-state index contributed by atoms with van der Waals surface area (Å²) >= 11 is 11.2. The van der Waals surface area contributed by atoms with Gasteiger partial charge in [0.1, 0.15) is 0 Å². The average molecular weight is 424 g/mol. The fraction of sp³-hybridized carbons (Fsp3) is 0.350. The molecule has 3 unspecified atom stereocenters. The highest BCUT2D eigenvalue weighted by Gasteiger charge is 2.73. The monoisotopic (exact) mass is 423 g/mol. The van der Waals surface area contributed by atoms with Gasteiger partial charge in [-0.15, -0.1) is 0 Å². The zero-order chi connectivity index (χ0) is 19.8. The first-order valence-electron chi connectivity index (χ1n) is 8.66. The van der Waals surface area contributed by atoms with Gasteiger partial charge in [0, 0.05) is 18.1 Å². The molecule has 4 nitrogen and oxygen atoms in total. The van der Waals surface area contributed by atoms with Crippen LogP contribution in [-0.2, 0) is 21.0 Å². The van der Waals surface area contributed by atoms with Crippen LogP contribution in [0.5, 0.6) is 0 Å². The van der Waals surface area contributed by atoms with E-state index >= 15 is 0 Å².